The van der Waals surface area contributed by atoms with Gasteiger partial charge in [-0.15, -0.1) is 0 Å². The van der Waals surface area contributed by atoms with Crippen LogP contribution >= 0.6 is 23.2 Å². The zero-order valence-corrected chi connectivity index (χ0v) is 15.7. The molecule has 2 aromatic carbocycles. The second-order valence-electron chi connectivity index (χ2n) is 6.11. The maximum atomic E-state index is 10.9. The number of anilines is 1. The fraction of sp³-hybridized carbons (Fsp3) is 0.0476. The van der Waals surface area contributed by atoms with E-state index in [1.165, 1.54) is 0 Å². The maximum absolute atomic E-state index is 10.9. The van der Waals surface area contributed by atoms with Gasteiger partial charge in [0.25, 0.3) is 5.82 Å². The van der Waals surface area contributed by atoms with Gasteiger partial charge in [0.15, 0.2) is 0 Å². The molecule has 0 radical (unpaired) electrons. The van der Waals surface area contributed by atoms with Gasteiger partial charge in [-0.25, -0.2) is 4.98 Å². The number of phenolic OH excluding ortho intramolecular Hbond substituents is 1. The number of halogens is 2. The highest BCUT2D eigenvalue weighted by Gasteiger charge is 2.24. The van der Waals surface area contributed by atoms with Crippen molar-refractivity contribution in [2.75, 3.05) is 5.32 Å². The molecule has 0 aliphatic carbocycles. The molecule has 4 aromatic rings. The quantitative estimate of drug-likeness (QED) is 0.494. The number of rotatable bonds is 4. The largest absolute Gasteiger partial charge is 0.505 e. The molecule has 4 rings (SSSR count). The minimum atomic E-state index is -0.357. The maximum Gasteiger partial charge on any atom is 0.272 e. The summed E-state index contributed by atoms with van der Waals surface area (Å²) in [5.41, 5.74) is 2.11. The van der Waals surface area contributed by atoms with Crippen molar-refractivity contribution in [2.24, 2.45) is 0 Å². The average molecular weight is 397 g/mol. The molecule has 0 aliphatic heterocycles. The van der Waals surface area contributed by atoms with Gasteiger partial charge in [-0.1, -0.05) is 47.5 Å². The highest BCUT2D eigenvalue weighted by molar-refractivity contribution is 6.42. The number of aromatic hydroxyl groups is 1. The third-order valence-electron chi connectivity index (χ3n) is 4.38. The van der Waals surface area contributed by atoms with E-state index in [-0.39, 0.29) is 11.8 Å². The van der Waals surface area contributed by atoms with Gasteiger partial charge in [-0.2, -0.15) is 0 Å². The number of pyridine rings is 2. The molecule has 2 heterocycles. The summed E-state index contributed by atoms with van der Waals surface area (Å²) in [6.45, 7) is 0. The Labute approximate surface area is 166 Å². The number of nitrogens with one attached hydrogen (secondary N) is 2. The molecular weight excluding hydrogens is 381 g/mol. The Balaban J connectivity index is 1.87. The minimum Gasteiger partial charge on any atom is -0.505 e. The number of fused-ring (bicyclic) bond motifs is 1. The molecule has 134 valence electrons. The first-order chi connectivity index (χ1) is 13.1. The first-order valence-corrected chi connectivity index (χ1v) is 9.14. The Morgan fingerprint density at radius 1 is 0.963 bits per heavy atom. The molecule has 3 N–H and O–H groups in total. The van der Waals surface area contributed by atoms with Gasteiger partial charge in [-0.05, 0) is 30.3 Å². The summed E-state index contributed by atoms with van der Waals surface area (Å²) in [4.78, 5) is 7.48. The lowest BCUT2D eigenvalue weighted by molar-refractivity contribution is -0.361. The molecule has 0 fully saturated rings. The van der Waals surface area contributed by atoms with Crippen LogP contribution in [0, 0.1) is 0 Å². The van der Waals surface area contributed by atoms with Crippen LogP contribution in [-0.2, 0) is 0 Å². The number of phenols is 1. The summed E-state index contributed by atoms with van der Waals surface area (Å²) in [5, 5.41) is 16.1. The molecule has 0 aliphatic rings. The summed E-state index contributed by atoms with van der Waals surface area (Å²) < 4.78 is 0. The fourth-order valence-electron chi connectivity index (χ4n) is 3.05. The molecule has 4 nitrogen and oxygen atoms in total. The van der Waals surface area contributed by atoms with Gasteiger partial charge in [0.2, 0.25) is 0 Å². The highest BCUT2D eigenvalue weighted by atomic mass is 35.5. The number of hydrogen-bond donors (Lipinski definition) is 2. The molecule has 27 heavy (non-hydrogen) atoms. The summed E-state index contributed by atoms with van der Waals surface area (Å²) in [6.07, 6.45) is 3.49. The normalized spacial score (nSPS) is 12.1. The molecular formula is C21H16Cl2N3O+. The van der Waals surface area contributed by atoms with Crippen molar-refractivity contribution in [3.05, 3.63) is 94.2 Å². The van der Waals surface area contributed by atoms with Gasteiger partial charge in [-0.3, -0.25) is 10.3 Å². The van der Waals surface area contributed by atoms with Gasteiger partial charge in [0.05, 0.1) is 16.2 Å². The van der Waals surface area contributed by atoms with E-state index in [1.807, 2.05) is 54.7 Å². The fourth-order valence-corrected chi connectivity index (χ4v) is 3.36. The van der Waals surface area contributed by atoms with Crippen molar-refractivity contribution in [1.82, 2.24) is 4.98 Å². The number of aromatic amines is 1. The number of H-pyrrole nitrogens is 1. The van der Waals surface area contributed by atoms with Crippen molar-refractivity contribution in [3.8, 4) is 5.75 Å². The van der Waals surface area contributed by atoms with E-state index in [1.54, 1.807) is 18.3 Å². The topological polar surface area (TPSA) is 59.3 Å². The number of benzene rings is 2. The number of nitrogens with zero attached hydrogens (tertiary/aromatic N) is 1. The Morgan fingerprint density at radius 2 is 1.85 bits per heavy atom. The predicted molar refractivity (Wildman–Crippen MR) is 108 cm³/mol. The Hall–Kier alpha value is -2.82. The van der Waals surface area contributed by atoms with E-state index >= 15 is 0 Å². The van der Waals surface area contributed by atoms with Crippen LogP contribution in [0.15, 0.2) is 73.1 Å². The molecule has 0 spiro atoms. The number of aromatic nitrogens is 2. The third-order valence-corrected chi connectivity index (χ3v) is 5.12. The Kier molecular flexibility index (Phi) is 4.84. The number of hydrogen-bond acceptors (Lipinski definition) is 3. The lowest BCUT2D eigenvalue weighted by Crippen LogP contribution is -2.19. The lowest BCUT2D eigenvalue weighted by Gasteiger charge is -2.18. The third kappa shape index (κ3) is 3.54. The molecule has 0 bridgehead atoms. The highest BCUT2D eigenvalue weighted by Crippen LogP contribution is 2.37. The van der Waals surface area contributed by atoms with Crippen molar-refractivity contribution in [3.63, 3.8) is 0 Å². The first kappa shape index (κ1) is 17.6. The van der Waals surface area contributed by atoms with Gasteiger partial charge >= 0.3 is 0 Å². The second kappa shape index (κ2) is 7.43. The zero-order valence-electron chi connectivity index (χ0n) is 14.2. The van der Waals surface area contributed by atoms with Gasteiger partial charge in [0, 0.05) is 28.8 Å². The predicted octanol–water partition coefficient (Wildman–Crippen LogP) is 5.26. The van der Waals surface area contributed by atoms with Gasteiger partial charge in [0.1, 0.15) is 17.3 Å². The molecule has 0 unspecified atom stereocenters. The molecule has 0 saturated carbocycles. The first-order valence-electron chi connectivity index (χ1n) is 8.38. The van der Waals surface area contributed by atoms with Crippen molar-refractivity contribution < 1.29 is 10.1 Å². The van der Waals surface area contributed by atoms with E-state index in [9.17, 15) is 5.11 Å². The Bertz CT molecular complexity index is 1100. The van der Waals surface area contributed by atoms with Crippen molar-refractivity contribution in [2.45, 2.75) is 6.04 Å². The SMILES string of the molecule is Oc1c([C@@H](Nc2cccc[nH+]2)c2ccc(Cl)c(Cl)c2)ccc2cccnc12. The van der Waals surface area contributed by atoms with Gasteiger partial charge < -0.3 is 5.11 Å². The van der Waals surface area contributed by atoms with E-state index in [2.05, 4.69) is 15.3 Å². The van der Waals surface area contributed by atoms with E-state index in [0.717, 1.165) is 16.8 Å². The van der Waals surface area contributed by atoms with Crippen LogP contribution in [0.1, 0.15) is 17.2 Å². The molecule has 0 amide bonds. The lowest BCUT2D eigenvalue weighted by atomic mass is 9.96. The summed E-state index contributed by atoms with van der Waals surface area (Å²) in [6, 6.07) is 18.4. The standard InChI is InChI=1S/C21H15Cl2N3O/c22-16-9-7-14(12-17(16)23)19(26-18-5-1-2-10-24-18)15-8-6-13-4-3-11-25-20(13)21(15)27/h1-12,19,27H,(H,24,26)/p+1/t19-/m0/s1. The van der Waals surface area contributed by atoms with Crippen LogP contribution < -0.4 is 10.3 Å². The minimum absolute atomic E-state index is 0.132. The smallest absolute Gasteiger partial charge is 0.272 e. The molecule has 1 atom stereocenters. The van der Waals surface area contributed by atoms with E-state index in [0.29, 0.717) is 21.1 Å². The van der Waals surface area contributed by atoms with E-state index in [4.69, 9.17) is 23.2 Å². The second-order valence-corrected chi connectivity index (χ2v) is 6.92. The summed E-state index contributed by atoms with van der Waals surface area (Å²) in [7, 11) is 0. The van der Waals surface area contributed by atoms with Crippen LogP contribution in [0.4, 0.5) is 5.82 Å². The molecule has 2 aromatic heterocycles. The monoisotopic (exact) mass is 396 g/mol. The summed E-state index contributed by atoms with van der Waals surface area (Å²) >= 11 is 12.3. The van der Waals surface area contributed by atoms with Crippen molar-refractivity contribution >= 4 is 39.9 Å². The van der Waals surface area contributed by atoms with Crippen LogP contribution in [-0.4, -0.2) is 10.1 Å². The van der Waals surface area contributed by atoms with Crippen LogP contribution in [0.2, 0.25) is 10.0 Å². The average Bonchev–Trinajstić information content (AvgIpc) is 2.70. The van der Waals surface area contributed by atoms with Crippen molar-refractivity contribution in [1.29, 1.82) is 0 Å². The molecule has 6 heteroatoms. The van der Waals surface area contributed by atoms with Crippen LogP contribution in [0.5, 0.6) is 5.75 Å². The molecule has 0 saturated heterocycles. The van der Waals surface area contributed by atoms with Crippen LogP contribution in [0.25, 0.3) is 10.9 Å². The zero-order chi connectivity index (χ0) is 18.8. The van der Waals surface area contributed by atoms with Crippen LogP contribution in [0.3, 0.4) is 0 Å². The summed E-state index contributed by atoms with van der Waals surface area (Å²) in [5.74, 6) is 0.932. The van der Waals surface area contributed by atoms with E-state index < -0.39 is 0 Å². The Morgan fingerprint density at radius 3 is 2.63 bits per heavy atom.